The molecule has 16 heavy (non-hydrogen) atoms. The van der Waals surface area contributed by atoms with Gasteiger partial charge in [0.2, 0.25) is 0 Å². The summed E-state index contributed by atoms with van der Waals surface area (Å²) in [6, 6.07) is 6.04. The van der Waals surface area contributed by atoms with Crippen LogP contribution in [-0.4, -0.2) is 24.8 Å². The zero-order chi connectivity index (χ0) is 12.0. The Morgan fingerprint density at radius 1 is 1.44 bits per heavy atom. The van der Waals surface area contributed by atoms with Crippen LogP contribution in [0.1, 0.15) is 25.8 Å². The van der Waals surface area contributed by atoms with E-state index in [9.17, 15) is 5.11 Å². The molecule has 0 bridgehead atoms. The first-order chi connectivity index (χ1) is 7.67. The number of ether oxygens (including phenoxy) is 1. The molecule has 0 aliphatic carbocycles. The summed E-state index contributed by atoms with van der Waals surface area (Å²) in [6.45, 7) is 5.29. The van der Waals surface area contributed by atoms with Crippen molar-refractivity contribution in [2.75, 3.05) is 13.7 Å². The summed E-state index contributed by atoms with van der Waals surface area (Å²) >= 11 is 0. The van der Waals surface area contributed by atoms with E-state index in [4.69, 9.17) is 4.74 Å². The second kappa shape index (κ2) is 6.38. The predicted molar refractivity (Wildman–Crippen MR) is 66.1 cm³/mol. The standard InChI is InChI=1S/C13H21NO2/c1-4-10(2)14-8-7-11-5-6-12(15)13(9-11)16-3/h5-6,9-10,14-15H,4,7-8H2,1-3H3. The summed E-state index contributed by atoms with van der Waals surface area (Å²) in [5, 5.41) is 12.9. The van der Waals surface area contributed by atoms with Crippen LogP contribution in [0.2, 0.25) is 0 Å². The van der Waals surface area contributed by atoms with E-state index in [0.717, 1.165) is 19.4 Å². The zero-order valence-electron chi connectivity index (χ0n) is 10.3. The number of methoxy groups -OCH3 is 1. The molecule has 0 saturated carbocycles. The largest absolute Gasteiger partial charge is 0.504 e. The molecule has 2 N–H and O–H groups in total. The minimum absolute atomic E-state index is 0.195. The SMILES string of the molecule is CCC(C)NCCc1ccc(O)c(OC)c1. The van der Waals surface area contributed by atoms with Crippen LogP contribution in [0.5, 0.6) is 11.5 Å². The highest BCUT2D eigenvalue weighted by Gasteiger charge is 2.03. The van der Waals surface area contributed by atoms with E-state index < -0.39 is 0 Å². The molecule has 0 radical (unpaired) electrons. The molecule has 3 nitrogen and oxygen atoms in total. The van der Waals surface area contributed by atoms with Gasteiger partial charge < -0.3 is 15.2 Å². The molecule has 1 rings (SSSR count). The molecule has 3 heteroatoms. The van der Waals surface area contributed by atoms with Gasteiger partial charge in [0, 0.05) is 6.04 Å². The Labute approximate surface area is 97.4 Å². The molecular weight excluding hydrogens is 202 g/mol. The van der Waals surface area contributed by atoms with Gasteiger partial charge in [-0.2, -0.15) is 0 Å². The van der Waals surface area contributed by atoms with Crippen LogP contribution in [0, 0.1) is 0 Å². The number of hydrogen-bond donors (Lipinski definition) is 2. The highest BCUT2D eigenvalue weighted by molar-refractivity contribution is 5.41. The lowest BCUT2D eigenvalue weighted by Gasteiger charge is -2.11. The third-order valence-electron chi connectivity index (χ3n) is 2.76. The van der Waals surface area contributed by atoms with E-state index in [1.807, 2.05) is 12.1 Å². The second-order valence-electron chi connectivity index (χ2n) is 4.02. The molecule has 1 aromatic carbocycles. The van der Waals surface area contributed by atoms with Crippen LogP contribution in [-0.2, 0) is 6.42 Å². The van der Waals surface area contributed by atoms with Gasteiger partial charge in [0.15, 0.2) is 11.5 Å². The van der Waals surface area contributed by atoms with Crippen LogP contribution >= 0.6 is 0 Å². The van der Waals surface area contributed by atoms with Crippen molar-refractivity contribution in [3.63, 3.8) is 0 Å². The van der Waals surface area contributed by atoms with Gasteiger partial charge in [-0.3, -0.25) is 0 Å². The predicted octanol–water partition coefficient (Wildman–Crippen LogP) is 2.33. The maximum Gasteiger partial charge on any atom is 0.160 e. The number of hydrogen-bond acceptors (Lipinski definition) is 3. The van der Waals surface area contributed by atoms with Crippen LogP contribution < -0.4 is 10.1 Å². The molecule has 0 spiro atoms. The van der Waals surface area contributed by atoms with E-state index in [0.29, 0.717) is 11.8 Å². The van der Waals surface area contributed by atoms with Crippen molar-refractivity contribution in [1.82, 2.24) is 5.32 Å². The van der Waals surface area contributed by atoms with Crippen LogP contribution in [0.25, 0.3) is 0 Å². The lowest BCUT2D eigenvalue weighted by atomic mass is 10.1. The van der Waals surface area contributed by atoms with Gasteiger partial charge in [0.25, 0.3) is 0 Å². The van der Waals surface area contributed by atoms with E-state index >= 15 is 0 Å². The number of phenolic OH excluding ortho intramolecular Hbond substituents is 1. The number of phenols is 1. The van der Waals surface area contributed by atoms with Gasteiger partial charge in [0.1, 0.15) is 0 Å². The van der Waals surface area contributed by atoms with Crippen molar-refractivity contribution in [2.24, 2.45) is 0 Å². The third-order valence-corrected chi connectivity index (χ3v) is 2.76. The topological polar surface area (TPSA) is 41.5 Å². The van der Waals surface area contributed by atoms with Gasteiger partial charge in [-0.1, -0.05) is 13.0 Å². The molecule has 90 valence electrons. The summed E-state index contributed by atoms with van der Waals surface area (Å²) < 4.78 is 5.06. The number of benzene rings is 1. The van der Waals surface area contributed by atoms with E-state index in [1.54, 1.807) is 13.2 Å². The molecule has 0 fully saturated rings. The molecule has 1 aromatic rings. The highest BCUT2D eigenvalue weighted by atomic mass is 16.5. The Bertz CT molecular complexity index is 326. The maximum absolute atomic E-state index is 9.45. The van der Waals surface area contributed by atoms with Crippen LogP contribution in [0.4, 0.5) is 0 Å². The fourth-order valence-corrected chi connectivity index (χ4v) is 1.48. The molecule has 0 amide bonds. The van der Waals surface area contributed by atoms with Crippen LogP contribution in [0.3, 0.4) is 0 Å². The fourth-order valence-electron chi connectivity index (χ4n) is 1.48. The Morgan fingerprint density at radius 3 is 2.81 bits per heavy atom. The van der Waals surface area contributed by atoms with Crippen molar-refractivity contribution in [2.45, 2.75) is 32.7 Å². The molecule has 0 heterocycles. The first-order valence-corrected chi connectivity index (χ1v) is 5.76. The quantitative estimate of drug-likeness (QED) is 0.777. The maximum atomic E-state index is 9.45. The van der Waals surface area contributed by atoms with Gasteiger partial charge in [0.05, 0.1) is 7.11 Å². The van der Waals surface area contributed by atoms with E-state index in [2.05, 4.69) is 19.2 Å². The number of nitrogens with one attached hydrogen (secondary N) is 1. The average Bonchev–Trinajstić information content (AvgIpc) is 2.31. The smallest absolute Gasteiger partial charge is 0.160 e. The lowest BCUT2D eigenvalue weighted by Crippen LogP contribution is -2.27. The highest BCUT2D eigenvalue weighted by Crippen LogP contribution is 2.26. The molecule has 0 aliphatic heterocycles. The molecule has 0 saturated heterocycles. The first-order valence-electron chi connectivity index (χ1n) is 5.76. The third kappa shape index (κ3) is 3.74. The van der Waals surface area contributed by atoms with E-state index in [-0.39, 0.29) is 5.75 Å². The van der Waals surface area contributed by atoms with Crippen molar-refractivity contribution < 1.29 is 9.84 Å². The normalized spacial score (nSPS) is 12.4. The first kappa shape index (κ1) is 12.8. The lowest BCUT2D eigenvalue weighted by molar-refractivity contribution is 0.373. The second-order valence-corrected chi connectivity index (χ2v) is 4.02. The minimum Gasteiger partial charge on any atom is -0.504 e. The Hall–Kier alpha value is -1.22. The summed E-state index contributed by atoms with van der Waals surface area (Å²) in [7, 11) is 1.57. The fraction of sp³-hybridized carbons (Fsp3) is 0.538. The summed E-state index contributed by atoms with van der Waals surface area (Å²) in [5.74, 6) is 0.738. The van der Waals surface area contributed by atoms with Crippen molar-refractivity contribution in [3.05, 3.63) is 23.8 Å². The van der Waals surface area contributed by atoms with Gasteiger partial charge in [-0.25, -0.2) is 0 Å². The van der Waals surface area contributed by atoms with E-state index in [1.165, 1.54) is 5.56 Å². The van der Waals surface area contributed by atoms with Gasteiger partial charge in [-0.15, -0.1) is 0 Å². The summed E-state index contributed by atoms with van der Waals surface area (Å²) in [6.07, 6.45) is 2.08. The minimum atomic E-state index is 0.195. The van der Waals surface area contributed by atoms with Crippen molar-refractivity contribution >= 4 is 0 Å². The molecule has 0 aromatic heterocycles. The molecule has 1 unspecified atom stereocenters. The van der Waals surface area contributed by atoms with Crippen molar-refractivity contribution in [1.29, 1.82) is 0 Å². The molecule has 1 atom stereocenters. The number of rotatable bonds is 6. The van der Waals surface area contributed by atoms with Gasteiger partial charge >= 0.3 is 0 Å². The van der Waals surface area contributed by atoms with Gasteiger partial charge in [-0.05, 0) is 44.0 Å². The Balaban J connectivity index is 2.48. The summed E-state index contributed by atoms with van der Waals surface area (Å²) in [5.41, 5.74) is 1.17. The van der Waals surface area contributed by atoms with Crippen molar-refractivity contribution in [3.8, 4) is 11.5 Å². The Kier molecular flexibility index (Phi) is 5.12. The van der Waals surface area contributed by atoms with Crippen LogP contribution in [0.15, 0.2) is 18.2 Å². The molecular formula is C13H21NO2. The zero-order valence-corrected chi connectivity index (χ0v) is 10.3. The Morgan fingerprint density at radius 2 is 2.19 bits per heavy atom. The molecule has 0 aliphatic rings. The number of aromatic hydroxyl groups is 1. The summed E-state index contributed by atoms with van der Waals surface area (Å²) in [4.78, 5) is 0. The monoisotopic (exact) mass is 223 g/mol. The average molecular weight is 223 g/mol.